The SMILES string of the molecule is N#Cc1cnn(-c2c(F)c(F)cc(F)c2F)c1N. The van der Waals surface area contributed by atoms with Gasteiger partial charge in [0.05, 0.1) is 6.20 Å². The second-order valence-electron chi connectivity index (χ2n) is 3.28. The van der Waals surface area contributed by atoms with Gasteiger partial charge in [0.2, 0.25) is 0 Å². The minimum atomic E-state index is -1.65. The van der Waals surface area contributed by atoms with Gasteiger partial charge in [0.15, 0.2) is 23.3 Å². The average molecular weight is 256 g/mol. The number of benzene rings is 1. The summed E-state index contributed by atoms with van der Waals surface area (Å²) in [5.41, 5.74) is 4.11. The van der Waals surface area contributed by atoms with Crippen LogP contribution in [0.2, 0.25) is 0 Å². The third-order valence-electron chi connectivity index (χ3n) is 2.23. The van der Waals surface area contributed by atoms with Crippen molar-refractivity contribution >= 4 is 5.82 Å². The van der Waals surface area contributed by atoms with Gasteiger partial charge < -0.3 is 5.73 Å². The van der Waals surface area contributed by atoms with Gasteiger partial charge in [-0.2, -0.15) is 10.4 Å². The fourth-order valence-corrected chi connectivity index (χ4v) is 1.37. The van der Waals surface area contributed by atoms with Crippen LogP contribution in [0, 0.1) is 34.6 Å². The van der Waals surface area contributed by atoms with E-state index in [1.165, 1.54) is 0 Å². The van der Waals surface area contributed by atoms with E-state index in [0.717, 1.165) is 6.20 Å². The van der Waals surface area contributed by atoms with E-state index in [0.29, 0.717) is 4.68 Å². The molecule has 0 aliphatic rings. The second kappa shape index (κ2) is 4.03. The molecule has 2 N–H and O–H groups in total. The first-order valence-corrected chi connectivity index (χ1v) is 4.54. The number of hydrogen-bond acceptors (Lipinski definition) is 3. The summed E-state index contributed by atoms with van der Waals surface area (Å²) in [4.78, 5) is 0. The number of aromatic nitrogens is 2. The van der Waals surface area contributed by atoms with Crippen molar-refractivity contribution in [3.8, 4) is 11.8 Å². The molecule has 1 aromatic heterocycles. The Bertz CT molecular complexity index is 645. The van der Waals surface area contributed by atoms with Crippen LogP contribution in [-0.4, -0.2) is 9.78 Å². The number of nitrogens with zero attached hydrogens (tertiary/aromatic N) is 3. The minimum Gasteiger partial charge on any atom is -0.382 e. The summed E-state index contributed by atoms with van der Waals surface area (Å²) in [7, 11) is 0. The van der Waals surface area contributed by atoms with Crippen molar-refractivity contribution in [2.75, 3.05) is 5.73 Å². The molecule has 0 amide bonds. The molecule has 0 atom stereocenters. The fourth-order valence-electron chi connectivity index (χ4n) is 1.37. The van der Waals surface area contributed by atoms with Crippen molar-refractivity contribution in [3.05, 3.63) is 41.1 Å². The standard InChI is InChI=1S/C10H4F4N4/c11-5-1-6(12)8(14)9(7(5)13)18-10(16)4(2-15)3-17-18/h1,3H,16H2. The zero-order valence-electron chi connectivity index (χ0n) is 8.59. The first-order chi connectivity index (χ1) is 8.47. The molecule has 18 heavy (non-hydrogen) atoms. The summed E-state index contributed by atoms with van der Waals surface area (Å²) in [6, 6.07) is 1.68. The van der Waals surface area contributed by atoms with Gasteiger partial charge in [-0.05, 0) is 0 Å². The van der Waals surface area contributed by atoms with Crippen LogP contribution in [0.15, 0.2) is 12.3 Å². The predicted octanol–water partition coefficient (Wildman–Crippen LogP) is 1.88. The van der Waals surface area contributed by atoms with Gasteiger partial charge >= 0.3 is 0 Å². The van der Waals surface area contributed by atoms with Crippen LogP contribution in [0.5, 0.6) is 0 Å². The fraction of sp³-hybridized carbons (Fsp3) is 0. The molecule has 92 valence electrons. The summed E-state index contributed by atoms with van der Waals surface area (Å²) < 4.78 is 53.3. The van der Waals surface area contributed by atoms with Crippen molar-refractivity contribution < 1.29 is 17.6 Å². The van der Waals surface area contributed by atoms with Crippen LogP contribution in [-0.2, 0) is 0 Å². The number of hydrogen-bond donors (Lipinski definition) is 1. The topological polar surface area (TPSA) is 67.6 Å². The van der Waals surface area contributed by atoms with Crippen molar-refractivity contribution in [2.45, 2.75) is 0 Å². The highest BCUT2D eigenvalue weighted by atomic mass is 19.2. The third-order valence-corrected chi connectivity index (χ3v) is 2.23. The highest BCUT2D eigenvalue weighted by Gasteiger charge is 2.23. The molecule has 0 spiro atoms. The van der Waals surface area contributed by atoms with Crippen LogP contribution in [0.1, 0.15) is 5.56 Å². The molecule has 4 nitrogen and oxygen atoms in total. The smallest absolute Gasteiger partial charge is 0.187 e. The molecule has 2 aromatic rings. The summed E-state index contributed by atoms with van der Waals surface area (Å²) in [5, 5.41) is 12.0. The maximum absolute atomic E-state index is 13.4. The van der Waals surface area contributed by atoms with E-state index in [2.05, 4.69) is 5.10 Å². The van der Waals surface area contributed by atoms with E-state index < -0.39 is 34.8 Å². The van der Waals surface area contributed by atoms with Crippen LogP contribution in [0.25, 0.3) is 5.69 Å². The molecule has 0 fully saturated rings. The first kappa shape index (κ1) is 11.9. The second-order valence-corrected chi connectivity index (χ2v) is 3.28. The van der Waals surface area contributed by atoms with Crippen LogP contribution < -0.4 is 5.73 Å². The molecule has 0 bridgehead atoms. The Kier molecular flexibility index (Phi) is 2.67. The van der Waals surface area contributed by atoms with E-state index in [1.54, 1.807) is 6.07 Å². The lowest BCUT2D eigenvalue weighted by Gasteiger charge is -2.08. The first-order valence-electron chi connectivity index (χ1n) is 4.54. The van der Waals surface area contributed by atoms with Gasteiger partial charge in [0.25, 0.3) is 0 Å². The molecule has 0 saturated heterocycles. The normalized spacial score (nSPS) is 10.4. The maximum Gasteiger partial charge on any atom is 0.187 e. The predicted molar refractivity (Wildman–Crippen MR) is 52.5 cm³/mol. The molecule has 2 rings (SSSR count). The quantitative estimate of drug-likeness (QED) is 0.625. The summed E-state index contributed by atoms with van der Waals surface area (Å²) in [6.07, 6.45) is 0.928. The van der Waals surface area contributed by atoms with Crippen LogP contribution >= 0.6 is 0 Å². The zero-order valence-corrected chi connectivity index (χ0v) is 8.59. The Labute approximate surface area is 97.9 Å². The van der Waals surface area contributed by atoms with E-state index in [-0.39, 0.29) is 11.6 Å². The molecule has 0 radical (unpaired) electrons. The number of nitriles is 1. The molecule has 8 heteroatoms. The Hall–Kier alpha value is -2.56. The van der Waals surface area contributed by atoms with Crippen LogP contribution in [0.3, 0.4) is 0 Å². The minimum absolute atomic E-state index is 0.0685. The van der Waals surface area contributed by atoms with Gasteiger partial charge in [-0.1, -0.05) is 0 Å². The summed E-state index contributed by atoms with van der Waals surface area (Å²) in [6.45, 7) is 0. The Balaban J connectivity index is 2.79. The van der Waals surface area contributed by atoms with Gasteiger partial charge in [0, 0.05) is 6.07 Å². The number of anilines is 1. The molecule has 0 aliphatic heterocycles. The molecule has 1 heterocycles. The van der Waals surface area contributed by atoms with Gasteiger partial charge in [-0.25, -0.2) is 22.2 Å². The van der Waals surface area contributed by atoms with E-state index in [1.807, 2.05) is 0 Å². The van der Waals surface area contributed by atoms with Crippen molar-refractivity contribution in [1.82, 2.24) is 9.78 Å². The largest absolute Gasteiger partial charge is 0.382 e. The molecule has 0 aliphatic carbocycles. The highest BCUT2D eigenvalue weighted by molar-refractivity contribution is 5.53. The molecular weight excluding hydrogens is 252 g/mol. The van der Waals surface area contributed by atoms with E-state index in [4.69, 9.17) is 11.0 Å². The third kappa shape index (κ3) is 1.57. The van der Waals surface area contributed by atoms with Gasteiger partial charge in [-0.15, -0.1) is 0 Å². The lowest BCUT2D eigenvalue weighted by atomic mass is 10.2. The summed E-state index contributed by atoms with van der Waals surface area (Å²) >= 11 is 0. The van der Waals surface area contributed by atoms with Gasteiger partial charge in [0.1, 0.15) is 23.1 Å². The van der Waals surface area contributed by atoms with E-state index in [9.17, 15) is 17.6 Å². The molecular formula is C10H4F4N4. The van der Waals surface area contributed by atoms with Crippen molar-refractivity contribution in [2.24, 2.45) is 0 Å². The number of rotatable bonds is 1. The summed E-state index contributed by atoms with van der Waals surface area (Å²) in [5.74, 6) is -6.88. The number of nitrogen functional groups attached to an aromatic ring is 1. The highest BCUT2D eigenvalue weighted by Crippen LogP contribution is 2.25. The maximum atomic E-state index is 13.4. The molecule has 0 saturated carbocycles. The Morgan fingerprint density at radius 3 is 2.17 bits per heavy atom. The number of nitrogens with two attached hydrogens (primary N) is 1. The monoisotopic (exact) mass is 256 g/mol. The lowest BCUT2D eigenvalue weighted by molar-refractivity contribution is 0.445. The Morgan fingerprint density at radius 2 is 1.72 bits per heavy atom. The lowest BCUT2D eigenvalue weighted by Crippen LogP contribution is -2.10. The molecule has 0 unspecified atom stereocenters. The Morgan fingerprint density at radius 1 is 1.17 bits per heavy atom. The van der Waals surface area contributed by atoms with Crippen molar-refractivity contribution in [1.29, 1.82) is 5.26 Å². The van der Waals surface area contributed by atoms with Crippen molar-refractivity contribution in [3.63, 3.8) is 0 Å². The average Bonchev–Trinajstić information content (AvgIpc) is 2.69. The van der Waals surface area contributed by atoms with E-state index >= 15 is 0 Å². The van der Waals surface area contributed by atoms with Gasteiger partial charge in [-0.3, -0.25) is 0 Å². The molecule has 1 aromatic carbocycles. The zero-order chi connectivity index (χ0) is 13.4. The van der Waals surface area contributed by atoms with Crippen LogP contribution in [0.4, 0.5) is 23.4 Å². The number of halogens is 4.